The third kappa shape index (κ3) is 4.97. The summed E-state index contributed by atoms with van der Waals surface area (Å²) in [6.07, 6.45) is 0.411. The van der Waals surface area contributed by atoms with Crippen LogP contribution in [0, 0.1) is 5.82 Å². The zero-order valence-corrected chi connectivity index (χ0v) is 11.5. The molecular weight excluding hydrogens is 265 g/mol. The Labute approximate surface area is 117 Å². The van der Waals surface area contributed by atoms with Crippen molar-refractivity contribution in [3.63, 3.8) is 0 Å². The Balaban J connectivity index is 2.54. The van der Waals surface area contributed by atoms with E-state index in [1.165, 1.54) is 12.1 Å². The van der Waals surface area contributed by atoms with Crippen molar-refractivity contribution in [3.8, 4) is 5.75 Å². The van der Waals surface area contributed by atoms with Gasteiger partial charge in [-0.25, -0.2) is 4.39 Å². The summed E-state index contributed by atoms with van der Waals surface area (Å²) in [6, 6.07) is 3.56. The fraction of sp³-hybridized carbons (Fsp3) is 0.429. The molecule has 6 heteroatoms. The van der Waals surface area contributed by atoms with Crippen molar-refractivity contribution in [2.45, 2.75) is 19.4 Å². The van der Waals surface area contributed by atoms with E-state index < -0.39 is 11.9 Å². The van der Waals surface area contributed by atoms with Crippen LogP contribution in [0.2, 0.25) is 0 Å². The van der Waals surface area contributed by atoms with E-state index in [-0.39, 0.29) is 17.2 Å². The summed E-state index contributed by atoms with van der Waals surface area (Å²) < 4.78 is 23.2. The van der Waals surface area contributed by atoms with Gasteiger partial charge in [0.2, 0.25) is 0 Å². The largest absolute Gasteiger partial charge is 0.480 e. The molecule has 1 aromatic carbocycles. The van der Waals surface area contributed by atoms with E-state index in [4.69, 9.17) is 9.47 Å². The number of carbonyl (C=O) groups excluding carboxylic acids is 2. The number of carbonyl (C=O) groups is 2. The highest BCUT2D eigenvalue weighted by atomic mass is 19.1. The van der Waals surface area contributed by atoms with Crippen molar-refractivity contribution < 1.29 is 23.5 Å². The lowest BCUT2D eigenvalue weighted by Crippen LogP contribution is -2.37. The van der Waals surface area contributed by atoms with Crippen molar-refractivity contribution in [1.29, 1.82) is 0 Å². The molecule has 0 aliphatic carbocycles. The number of halogens is 1. The fourth-order valence-corrected chi connectivity index (χ4v) is 1.53. The van der Waals surface area contributed by atoms with Crippen molar-refractivity contribution in [2.75, 3.05) is 20.3 Å². The molecule has 1 unspecified atom stereocenters. The second kappa shape index (κ2) is 8.27. The molecule has 0 fully saturated rings. The highest BCUT2D eigenvalue weighted by Gasteiger charge is 2.16. The lowest BCUT2D eigenvalue weighted by atomic mass is 10.2. The number of aldehydes is 1. The highest BCUT2D eigenvalue weighted by Crippen LogP contribution is 2.19. The van der Waals surface area contributed by atoms with Crippen molar-refractivity contribution in [2.24, 2.45) is 0 Å². The lowest BCUT2D eigenvalue weighted by Gasteiger charge is -2.15. The Hall–Kier alpha value is -1.95. The monoisotopic (exact) mass is 283 g/mol. The van der Waals surface area contributed by atoms with Crippen molar-refractivity contribution >= 4 is 12.2 Å². The van der Waals surface area contributed by atoms with E-state index >= 15 is 0 Å². The molecule has 0 saturated carbocycles. The molecule has 1 rings (SSSR count). The van der Waals surface area contributed by atoms with Crippen LogP contribution < -0.4 is 10.1 Å². The number of hydrogen-bond donors (Lipinski definition) is 1. The molecule has 0 aliphatic rings. The second-order valence-electron chi connectivity index (χ2n) is 4.20. The van der Waals surface area contributed by atoms with Crippen LogP contribution in [0.3, 0.4) is 0 Å². The Kier molecular flexibility index (Phi) is 6.66. The molecular formula is C14H18FNO4. The first-order chi connectivity index (χ1) is 9.58. The minimum Gasteiger partial charge on any atom is -0.480 e. The number of rotatable bonds is 8. The predicted molar refractivity (Wildman–Crippen MR) is 71.4 cm³/mol. The molecule has 0 aliphatic heterocycles. The Bertz CT molecular complexity index is 464. The van der Waals surface area contributed by atoms with Gasteiger partial charge in [-0.1, -0.05) is 0 Å². The van der Waals surface area contributed by atoms with E-state index in [1.807, 2.05) is 0 Å². The molecule has 5 nitrogen and oxygen atoms in total. The molecule has 1 atom stereocenters. The van der Waals surface area contributed by atoms with E-state index in [2.05, 4.69) is 5.32 Å². The maximum Gasteiger partial charge on any atom is 0.260 e. The molecule has 20 heavy (non-hydrogen) atoms. The number of ether oxygens (including phenoxy) is 2. The van der Waals surface area contributed by atoms with E-state index in [0.717, 1.165) is 6.07 Å². The minimum absolute atomic E-state index is 0.0732. The average Bonchev–Trinajstić information content (AvgIpc) is 2.45. The first-order valence-electron chi connectivity index (χ1n) is 6.26. The number of hydrogen-bond acceptors (Lipinski definition) is 4. The summed E-state index contributed by atoms with van der Waals surface area (Å²) in [5, 5.41) is 2.68. The summed E-state index contributed by atoms with van der Waals surface area (Å²) in [7, 11) is 1.59. The van der Waals surface area contributed by atoms with E-state index in [9.17, 15) is 14.0 Å². The highest BCUT2D eigenvalue weighted by molar-refractivity contribution is 5.82. The fourth-order valence-electron chi connectivity index (χ4n) is 1.53. The number of amides is 1. The molecule has 0 saturated heterocycles. The quantitative estimate of drug-likeness (QED) is 0.581. The summed E-state index contributed by atoms with van der Waals surface area (Å²) in [5.74, 6) is -0.653. The van der Waals surface area contributed by atoms with E-state index in [0.29, 0.717) is 25.9 Å². The van der Waals surface area contributed by atoms with Gasteiger partial charge in [0.15, 0.2) is 12.4 Å². The van der Waals surface area contributed by atoms with Gasteiger partial charge >= 0.3 is 0 Å². The van der Waals surface area contributed by atoms with Crippen LogP contribution in [0.15, 0.2) is 18.2 Å². The number of nitrogens with one attached hydrogen (secondary N) is 1. The predicted octanol–water partition coefficient (Wildman–Crippen LogP) is 1.56. The van der Waals surface area contributed by atoms with Crippen LogP contribution in [-0.2, 0) is 9.53 Å². The summed E-state index contributed by atoms with van der Waals surface area (Å²) >= 11 is 0. The second-order valence-corrected chi connectivity index (χ2v) is 4.20. The molecule has 1 amide bonds. The summed E-state index contributed by atoms with van der Waals surface area (Å²) in [6.45, 7) is 2.59. The Morgan fingerprint density at radius 2 is 2.25 bits per heavy atom. The SMILES string of the molecule is COCCCNC(=O)C(C)Oc1ccc(F)cc1C=O. The molecule has 0 bridgehead atoms. The van der Waals surface area contributed by atoms with Crippen LogP contribution in [0.25, 0.3) is 0 Å². The van der Waals surface area contributed by atoms with Crippen LogP contribution in [0.1, 0.15) is 23.7 Å². The van der Waals surface area contributed by atoms with Crippen LogP contribution >= 0.6 is 0 Å². The Morgan fingerprint density at radius 3 is 2.90 bits per heavy atom. The van der Waals surface area contributed by atoms with Crippen LogP contribution in [-0.4, -0.2) is 38.6 Å². The summed E-state index contributed by atoms with van der Waals surface area (Å²) in [4.78, 5) is 22.6. The van der Waals surface area contributed by atoms with Gasteiger partial charge in [-0.2, -0.15) is 0 Å². The maximum atomic E-state index is 13.0. The molecule has 1 N–H and O–H groups in total. The molecule has 110 valence electrons. The zero-order valence-electron chi connectivity index (χ0n) is 11.5. The third-order valence-electron chi connectivity index (χ3n) is 2.60. The molecule has 0 heterocycles. The molecule has 0 radical (unpaired) electrons. The summed E-state index contributed by atoms with van der Waals surface area (Å²) in [5.41, 5.74) is 0.0732. The van der Waals surface area contributed by atoms with Gasteiger partial charge in [0.05, 0.1) is 5.56 Å². The van der Waals surface area contributed by atoms with Crippen LogP contribution in [0.4, 0.5) is 4.39 Å². The molecule has 0 spiro atoms. The Morgan fingerprint density at radius 1 is 1.50 bits per heavy atom. The molecule has 1 aromatic rings. The third-order valence-corrected chi connectivity index (χ3v) is 2.60. The molecule has 0 aromatic heterocycles. The smallest absolute Gasteiger partial charge is 0.260 e. The van der Waals surface area contributed by atoms with Gasteiger partial charge < -0.3 is 14.8 Å². The normalized spacial score (nSPS) is 11.8. The minimum atomic E-state index is -0.776. The van der Waals surface area contributed by atoms with Gasteiger partial charge in [-0.05, 0) is 31.5 Å². The van der Waals surface area contributed by atoms with Gasteiger partial charge in [-0.15, -0.1) is 0 Å². The van der Waals surface area contributed by atoms with Gasteiger partial charge in [0, 0.05) is 20.3 Å². The van der Waals surface area contributed by atoms with Gasteiger partial charge in [0.25, 0.3) is 5.91 Å². The standard InChI is InChI=1S/C14H18FNO4/c1-10(14(18)16-6-3-7-19-2)20-13-5-4-12(15)8-11(13)9-17/h4-5,8-10H,3,6-7H2,1-2H3,(H,16,18). The van der Waals surface area contributed by atoms with Gasteiger partial charge in [-0.3, -0.25) is 9.59 Å². The number of benzene rings is 1. The number of methoxy groups -OCH3 is 1. The lowest BCUT2D eigenvalue weighted by molar-refractivity contribution is -0.127. The van der Waals surface area contributed by atoms with E-state index in [1.54, 1.807) is 14.0 Å². The topological polar surface area (TPSA) is 64.6 Å². The van der Waals surface area contributed by atoms with Crippen molar-refractivity contribution in [1.82, 2.24) is 5.32 Å². The zero-order chi connectivity index (χ0) is 15.0. The van der Waals surface area contributed by atoms with Crippen molar-refractivity contribution in [3.05, 3.63) is 29.6 Å². The maximum absolute atomic E-state index is 13.0. The first-order valence-corrected chi connectivity index (χ1v) is 6.26. The van der Waals surface area contributed by atoms with Gasteiger partial charge in [0.1, 0.15) is 11.6 Å². The first kappa shape index (κ1) is 16.1. The average molecular weight is 283 g/mol. The van der Waals surface area contributed by atoms with Crippen LogP contribution in [0.5, 0.6) is 5.75 Å².